The first kappa shape index (κ1) is 14.9. The van der Waals surface area contributed by atoms with Gasteiger partial charge in [0.25, 0.3) is 0 Å². The molecular weight excluding hydrogens is 295 g/mol. The summed E-state index contributed by atoms with van der Waals surface area (Å²) in [5.41, 5.74) is 0.819. The Labute approximate surface area is 128 Å². The topological polar surface area (TPSA) is 26.3 Å². The summed E-state index contributed by atoms with van der Waals surface area (Å²) in [5.74, 6) is -0.350. The summed E-state index contributed by atoms with van der Waals surface area (Å²) in [7, 11) is 0. The van der Waals surface area contributed by atoms with Gasteiger partial charge in [-0.3, -0.25) is 4.79 Å². The molecule has 20 heavy (non-hydrogen) atoms. The quantitative estimate of drug-likeness (QED) is 0.760. The van der Waals surface area contributed by atoms with Gasteiger partial charge in [0.2, 0.25) is 0 Å². The zero-order chi connectivity index (χ0) is 14.8. The van der Waals surface area contributed by atoms with E-state index < -0.39 is 5.60 Å². The van der Waals surface area contributed by atoms with Gasteiger partial charge in [-0.15, -0.1) is 0 Å². The Morgan fingerprint density at radius 1 is 0.900 bits per heavy atom. The monoisotopic (exact) mass is 308 g/mol. The third-order valence-electron chi connectivity index (χ3n) is 3.14. The van der Waals surface area contributed by atoms with Crippen molar-refractivity contribution in [2.24, 2.45) is 0 Å². The highest BCUT2D eigenvalue weighted by atomic mass is 35.5. The molecule has 2 aromatic carbocycles. The van der Waals surface area contributed by atoms with Crippen molar-refractivity contribution in [1.29, 1.82) is 0 Å². The SMILES string of the molecule is CC(=O)OC(C)(c1ccc(Cl)cc1)c1ccc(Cl)cc1. The summed E-state index contributed by atoms with van der Waals surface area (Å²) in [5, 5.41) is 1.27. The van der Waals surface area contributed by atoms with Crippen molar-refractivity contribution in [2.75, 3.05) is 0 Å². The fourth-order valence-corrected chi connectivity index (χ4v) is 2.36. The fourth-order valence-electron chi connectivity index (χ4n) is 2.11. The van der Waals surface area contributed by atoms with E-state index in [2.05, 4.69) is 0 Å². The van der Waals surface area contributed by atoms with Crippen LogP contribution in [-0.2, 0) is 15.1 Å². The molecule has 4 heteroatoms. The van der Waals surface area contributed by atoms with Crippen LogP contribution < -0.4 is 0 Å². The largest absolute Gasteiger partial charge is 0.450 e. The summed E-state index contributed by atoms with van der Waals surface area (Å²) < 4.78 is 5.56. The van der Waals surface area contributed by atoms with Crippen LogP contribution in [0.25, 0.3) is 0 Å². The normalized spacial score (nSPS) is 11.2. The maximum atomic E-state index is 11.5. The van der Waals surface area contributed by atoms with Gasteiger partial charge in [-0.1, -0.05) is 47.5 Å². The minimum atomic E-state index is -0.874. The summed E-state index contributed by atoms with van der Waals surface area (Å²) >= 11 is 11.8. The number of hydrogen-bond donors (Lipinski definition) is 0. The van der Waals surface area contributed by atoms with Crippen LogP contribution in [0, 0.1) is 0 Å². The summed E-state index contributed by atoms with van der Waals surface area (Å²) in [6.07, 6.45) is 0. The van der Waals surface area contributed by atoms with Crippen LogP contribution in [0.15, 0.2) is 48.5 Å². The van der Waals surface area contributed by atoms with Crippen molar-refractivity contribution < 1.29 is 9.53 Å². The van der Waals surface area contributed by atoms with Gasteiger partial charge in [0, 0.05) is 17.0 Å². The Bertz CT molecular complexity index is 558. The summed E-state index contributed by atoms with van der Waals surface area (Å²) in [6, 6.07) is 14.5. The third-order valence-corrected chi connectivity index (χ3v) is 3.64. The Balaban J connectivity index is 2.52. The molecule has 0 spiro atoms. The average Bonchev–Trinajstić information content (AvgIpc) is 2.39. The molecule has 0 saturated carbocycles. The zero-order valence-electron chi connectivity index (χ0n) is 11.2. The maximum Gasteiger partial charge on any atom is 0.303 e. The van der Waals surface area contributed by atoms with Gasteiger partial charge in [0.15, 0.2) is 5.60 Å². The molecule has 0 aliphatic rings. The van der Waals surface area contributed by atoms with Crippen LogP contribution in [-0.4, -0.2) is 5.97 Å². The van der Waals surface area contributed by atoms with Gasteiger partial charge in [-0.25, -0.2) is 0 Å². The van der Waals surface area contributed by atoms with E-state index in [1.165, 1.54) is 6.92 Å². The van der Waals surface area contributed by atoms with Crippen LogP contribution >= 0.6 is 23.2 Å². The van der Waals surface area contributed by atoms with Gasteiger partial charge < -0.3 is 4.74 Å². The van der Waals surface area contributed by atoms with Crippen LogP contribution in [0.2, 0.25) is 10.0 Å². The lowest BCUT2D eigenvalue weighted by atomic mass is 9.88. The predicted octanol–water partition coefficient (Wildman–Crippen LogP) is 4.82. The van der Waals surface area contributed by atoms with Crippen molar-refractivity contribution >= 4 is 29.2 Å². The number of ether oxygens (including phenoxy) is 1. The number of esters is 1. The Kier molecular flexibility index (Phi) is 4.36. The van der Waals surface area contributed by atoms with E-state index in [-0.39, 0.29) is 5.97 Å². The number of carbonyl (C=O) groups is 1. The molecule has 0 saturated heterocycles. The van der Waals surface area contributed by atoms with E-state index >= 15 is 0 Å². The minimum Gasteiger partial charge on any atom is -0.450 e. The van der Waals surface area contributed by atoms with Gasteiger partial charge in [0.05, 0.1) is 0 Å². The van der Waals surface area contributed by atoms with Gasteiger partial charge in [0.1, 0.15) is 0 Å². The van der Waals surface area contributed by atoms with E-state index in [0.29, 0.717) is 10.0 Å². The molecule has 0 aromatic heterocycles. The highest BCUT2D eigenvalue weighted by Gasteiger charge is 2.32. The molecule has 2 aromatic rings. The molecule has 2 rings (SSSR count). The molecule has 0 amide bonds. The number of rotatable bonds is 3. The fraction of sp³-hybridized carbons (Fsp3) is 0.188. The smallest absolute Gasteiger partial charge is 0.303 e. The number of hydrogen-bond acceptors (Lipinski definition) is 2. The van der Waals surface area contributed by atoms with E-state index in [0.717, 1.165) is 11.1 Å². The second kappa shape index (κ2) is 5.86. The molecular formula is C16H14Cl2O2. The summed E-state index contributed by atoms with van der Waals surface area (Å²) in [4.78, 5) is 11.5. The molecule has 0 atom stereocenters. The molecule has 0 heterocycles. The number of carbonyl (C=O) groups excluding carboxylic acids is 1. The first-order chi connectivity index (χ1) is 9.41. The second-order valence-corrected chi connectivity index (χ2v) is 5.51. The van der Waals surface area contributed by atoms with Crippen LogP contribution in [0.5, 0.6) is 0 Å². The van der Waals surface area contributed by atoms with Crippen molar-refractivity contribution in [1.82, 2.24) is 0 Å². The van der Waals surface area contributed by atoms with Crippen LogP contribution in [0.4, 0.5) is 0 Å². The lowest BCUT2D eigenvalue weighted by Gasteiger charge is -2.30. The number of halogens is 2. The maximum absolute atomic E-state index is 11.5. The van der Waals surface area contributed by atoms with Gasteiger partial charge >= 0.3 is 5.97 Å². The van der Waals surface area contributed by atoms with Gasteiger partial charge in [-0.05, 0) is 42.3 Å². The highest BCUT2D eigenvalue weighted by molar-refractivity contribution is 6.30. The van der Waals surface area contributed by atoms with Crippen LogP contribution in [0.1, 0.15) is 25.0 Å². The molecule has 0 unspecified atom stereocenters. The van der Waals surface area contributed by atoms with E-state index in [1.54, 1.807) is 24.3 Å². The molecule has 0 aliphatic carbocycles. The van der Waals surface area contributed by atoms with E-state index in [9.17, 15) is 4.79 Å². The van der Waals surface area contributed by atoms with Crippen molar-refractivity contribution in [3.05, 3.63) is 69.7 Å². The molecule has 104 valence electrons. The molecule has 0 radical (unpaired) electrons. The Morgan fingerprint density at radius 2 is 1.25 bits per heavy atom. The van der Waals surface area contributed by atoms with Crippen molar-refractivity contribution in [2.45, 2.75) is 19.4 Å². The Hall–Kier alpha value is -1.51. The molecule has 0 bridgehead atoms. The number of benzene rings is 2. The van der Waals surface area contributed by atoms with E-state index in [1.807, 2.05) is 31.2 Å². The molecule has 2 nitrogen and oxygen atoms in total. The lowest BCUT2D eigenvalue weighted by molar-refractivity contribution is -0.152. The zero-order valence-corrected chi connectivity index (χ0v) is 12.7. The first-order valence-corrected chi connectivity index (χ1v) is 6.89. The second-order valence-electron chi connectivity index (χ2n) is 4.64. The first-order valence-electron chi connectivity index (χ1n) is 6.13. The molecule has 0 N–H and O–H groups in total. The third kappa shape index (κ3) is 3.14. The minimum absolute atomic E-state index is 0.350. The lowest BCUT2D eigenvalue weighted by Crippen LogP contribution is -2.29. The molecule has 0 fully saturated rings. The molecule has 0 aliphatic heterocycles. The highest BCUT2D eigenvalue weighted by Crippen LogP contribution is 2.34. The van der Waals surface area contributed by atoms with E-state index in [4.69, 9.17) is 27.9 Å². The standard InChI is InChI=1S/C16H14Cl2O2/c1-11(19)20-16(2,12-3-7-14(17)8-4-12)13-5-9-15(18)10-6-13/h3-10H,1-2H3. The van der Waals surface area contributed by atoms with Crippen molar-refractivity contribution in [3.63, 3.8) is 0 Å². The average molecular weight is 309 g/mol. The van der Waals surface area contributed by atoms with Crippen LogP contribution in [0.3, 0.4) is 0 Å². The summed E-state index contributed by atoms with van der Waals surface area (Å²) in [6.45, 7) is 3.24. The van der Waals surface area contributed by atoms with Crippen molar-refractivity contribution in [3.8, 4) is 0 Å². The predicted molar refractivity (Wildman–Crippen MR) is 81.1 cm³/mol. The van der Waals surface area contributed by atoms with Gasteiger partial charge in [-0.2, -0.15) is 0 Å². The Morgan fingerprint density at radius 3 is 1.55 bits per heavy atom.